The van der Waals surface area contributed by atoms with Crippen molar-refractivity contribution in [2.45, 2.75) is 25.7 Å². The van der Waals surface area contributed by atoms with Crippen LogP contribution in [-0.4, -0.2) is 11.1 Å². The first-order chi connectivity index (χ1) is 8.00. The van der Waals surface area contributed by atoms with Gasteiger partial charge in [0.15, 0.2) is 0 Å². The average Bonchev–Trinajstić information content (AvgIpc) is 2.89. The Bertz CT molecular complexity index is 509. The standard InChI is InChI=1S/C13H14O2S2/c1-13(2,12(14)15)9-6-11(17-8-9)7-10-4-3-5-16-10/h3-6,8H,7H2,1-2H3,(H,14,15). The lowest BCUT2D eigenvalue weighted by Crippen LogP contribution is -2.27. The van der Waals surface area contributed by atoms with Gasteiger partial charge in [-0.2, -0.15) is 0 Å². The molecule has 17 heavy (non-hydrogen) atoms. The molecule has 0 aromatic carbocycles. The van der Waals surface area contributed by atoms with Crippen LogP contribution in [0.1, 0.15) is 29.2 Å². The SMILES string of the molecule is CC(C)(C(=O)O)c1csc(Cc2cccs2)c1. The van der Waals surface area contributed by atoms with Gasteiger partial charge in [0, 0.05) is 16.2 Å². The van der Waals surface area contributed by atoms with Crippen LogP contribution < -0.4 is 0 Å². The summed E-state index contributed by atoms with van der Waals surface area (Å²) in [4.78, 5) is 13.7. The van der Waals surface area contributed by atoms with E-state index in [1.807, 2.05) is 17.5 Å². The normalized spacial score (nSPS) is 11.6. The van der Waals surface area contributed by atoms with Crippen LogP contribution in [0.4, 0.5) is 0 Å². The zero-order valence-electron chi connectivity index (χ0n) is 9.77. The van der Waals surface area contributed by atoms with Gasteiger partial charge in [0.25, 0.3) is 0 Å². The highest BCUT2D eigenvalue weighted by molar-refractivity contribution is 7.11. The average molecular weight is 266 g/mol. The molecule has 0 saturated heterocycles. The molecular weight excluding hydrogens is 252 g/mol. The Kier molecular flexibility index (Phi) is 3.35. The Labute approximate surface area is 109 Å². The predicted octanol–water partition coefficient (Wildman–Crippen LogP) is 3.76. The highest BCUT2D eigenvalue weighted by Crippen LogP contribution is 2.29. The fourth-order valence-electron chi connectivity index (χ4n) is 1.51. The molecule has 0 aliphatic rings. The molecule has 2 heterocycles. The van der Waals surface area contributed by atoms with E-state index in [1.165, 1.54) is 9.75 Å². The molecule has 0 unspecified atom stereocenters. The van der Waals surface area contributed by atoms with Crippen molar-refractivity contribution < 1.29 is 9.90 Å². The molecule has 4 heteroatoms. The van der Waals surface area contributed by atoms with E-state index >= 15 is 0 Å². The van der Waals surface area contributed by atoms with Crippen LogP contribution in [0.5, 0.6) is 0 Å². The quantitative estimate of drug-likeness (QED) is 0.914. The minimum absolute atomic E-state index is 0.780. The minimum Gasteiger partial charge on any atom is -0.481 e. The summed E-state index contributed by atoms with van der Waals surface area (Å²) in [5.41, 5.74) is 0.0889. The Morgan fingerprint density at radius 3 is 2.71 bits per heavy atom. The predicted molar refractivity (Wildman–Crippen MR) is 72.1 cm³/mol. The molecule has 2 aromatic rings. The summed E-state index contributed by atoms with van der Waals surface area (Å²) in [6.45, 7) is 3.48. The third-order valence-electron chi connectivity index (χ3n) is 2.84. The molecular formula is C13H14O2S2. The van der Waals surface area contributed by atoms with Crippen LogP contribution in [0.25, 0.3) is 0 Å². The van der Waals surface area contributed by atoms with Gasteiger partial charge in [0.2, 0.25) is 0 Å². The molecule has 0 spiro atoms. The van der Waals surface area contributed by atoms with Crippen LogP contribution in [0, 0.1) is 0 Å². The number of rotatable bonds is 4. The lowest BCUT2D eigenvalue weighted by molar-refractivity contribution is -0.142. The summed E-state index contributed by atoms with van der Waals surface area (Å²) < 4.78 is 0. The van der Waals surface area contributed by atoms with Crippen molar-refractivity contribution in [3.8, 4) is 0 Å². The number of thiophene rings is 2. The lowest BCUT2D eigenvalue weighted by atomic mass is 9.86. The van der Waals surface area contributed by atoms with Gasteiger partial charge in [-0.05, 0) is 42.3 Å². The van der Waals surface area contributed by atoms with Gasteiger partial charge < -0.3 is 5.11 Å². The van der Waals surface area contributed by atoms with E-state index in [0.717, 1.165) is 12.0 Å². The first-order valence-corrected chi connectivity index (χ1v) is 7.10. The van der Waals surface area contributed by atoms with Gasteiger partial charge in [0.1, 0.15) is 0 Å². The number of carboxylic acids is 1. The summed E-state index contributed by atoms with van der Waals surface area (Å²) in [7, 11) is 0. The largest absolute Gasteiger partial charge is 0.481 e. The molecule has 0 aliphatic heterocycles. The Balaban J connectivity index is 2.19. The van der Waals surface area contributed by atoms with Gasteiger partial charge in [-0.25, -0.2) is 0 Å². The number of hydrogen-bond donors (Lipinski definition) is 1. The van der Waals surface area contributed by atoms with Gasteiger partial charge in [0.05, 0.1) is 5.41 Å². The van der Waals surface area contributed by atoms with E-state index < -0.39 is 11.4 Å². The summed E-state index contributed by atoms with van der Waals surface area (Å²) in [6.07, 6.45) is 0.901. The van der Waals surface area contributed by atoms with Crippen LogP contribution in [0.2, 0.25) is 0 Å². The Morgan fingerprint density at radius 2 is 2.12 bits per heavy atom. The van der Waals surface area contributed by atoms with Crippen molar-refractivity contribution in [1.29, 1.82) is 0 Å². The second-order valence-electron chi connectivity index (χ2n) is 4.49. The summed E-state index contributed by atoms with van der Waals surface area (Å²) >= 11 is 3.37. The lowest BCUT2D eigenvalue weighted by Gasteiger charge is -2.17. The van der Waals surface area contributed by atoms with Crippen molar-refractivity contribution in [2.24, 2.45) is 0 Å². The molecule has 0 bridgehead atoms. The van der Waals surface area contributed by atoms with E-state index in [-0.39, 0.29) is 0 Å². The highest BCUT2D eigenvalue weighted by Gasteiger charge is 2.30. The van der Waals surface area contributed by atoms with Crippen molar-refractivity contribution in [3.05, 3.63) is 44.3 Å². The maximum Gasteiger partial charge on any atom is 0.313 e. The fourth-order valence-corrected chi connectivity index (χ4v) is 3.40. The molecule has 0 aliphatic carbocycles. The second-order valence-corrected chi connectivity index (χ2v) is 6.52. The Hall–Kier alpha value is -1.13. The fraction of sp³-hybridized carbons (Fsp3) is 0.308. The summed E-state index contributed by atoms with van der Waals surface area (Å²) in [5, 5.41) is 13.2. The van der Waals surface area contributed by atoms with Crippen molar-refractivity contribution in [2.75, 3.05) is 0 Å². The topological polar surface area (TPSA) is 37.3 Å². The van der Waals surface area contributed by atoms with Crippen molar-refractivity contribution in [1.82, 2.24) is 0 Å². The molecule has 0 saturated carbocycles. The van der Waals surface area contributed by atoms with E-state index in [0.29, 0.717) is 0 Å². The second kappa shape index (κ2) is 4.63. The van der Waals surface area contributed by atoms with Crippen LogP contribution >= 0.6 is 22.7 Å². The van der Waals surface area contributed by atoms with Gasteiger partial charge in [-0.1, -0.05) is 6.07 Å². The maximum atomic E-state index is 11.2. The Morgan fingerprint density at radius 1 is 1.35 bits per heavy atom. The van der Waals surface area contributed by atoms with E-state index in [9.17, 15) is 4.79 Å². The third kappa shape index (κ3) is 2.58. The molecule has 2 rings (SSSR count). The van der Waals surface area contributed by atoms with Crippen molar-refractivity contribution in [3.63, 3.8) is 0 Å². The first kappa shape index (κ1) is 12.3. The number of carbonyl (C=O) groups is 1. The maximum absolute atomic E-state index is 11.2. The van der Waals surface area contributed by atoms with E-state index in [1.54, 1.807) is 36.5 Å². The molecule has 0 radical (unpaired) electrons. The zero-order chi connectivity index (χ0) is 12.5. The number of aliphatic carboxylic acids is 1. The summed E-state index contributed by atoms with van der Waals surface area (Å²) in [6, 6.07) is 6.15. The van der Waals surface area contributed by atoms with E-state index in [2.05, 4.69) is 11.4 Å². The minimum atomic E-state index is -0.801. The van der Waals surface area contributed by atoms with Crippen LogP contribution in [0.3, 0.4) is 0 Å². The molecule has 1 N–H and O–H groups in total. The summed E-state index contributed by atoms with van der Waals surface area (Å²) in [5.74, 6) is -0.780. The molecule has 0 amide bonds. The van der Waals surface area contributed by atoms with Crippen LogP contribution in [-0.2, 0) is 16.6 Å². The molecule has 2 nitrogen and oxygen atoms in total. The zero-order valence-corrected chi connectivity index (χ0v) is 11.4. The van der Waals surface area contributed by atoms with E-state index in [4.69, 9.17) is 5.11 Å². The number of carboxylic acid groups (broad SMARTS) is 1. The monoisotopic (exact) mass is 266 g/mol. The molecule has 2 aromatic heterocycles. The van der Waals surface area contributed by atoms with Gasteiger partial charge in [-0.15, -0.1) is 22.7 Å². The van der Waals surface area contributed by atoms with Crippen molar-refractivity contribution >= 4 is 28.6 Å². The molecule has 0 atom stereocenters. The molecule has 90 valence electrons. The molecule has 0 fully saturated rings. The van der Waals surface area contributed by atoms with Gasteiger partial charge >= 0.3 is 5.97 Å². The third-order valence-corrected chi connectivity index (χ3v) is 4.65. The smallest absolute Gasteiger partial charge is 0.313 e. The van der Waals surface area contributed by atoms with Gasteiger partial charge in [-0.3, -0.25) is 4.79 Å². The highest BCUT2D eigenvalue weighted by atomic mass is 32.1. The first-order valence-electron chi connectivity index (χ1n) is 5.34. The van der Waals surface area contributed by atoms with Crippen LogP contribution in [0.15, 0.2) is 29.0 Å². The number of hydrogen-bond acceptors (Lipinski definition) is 3.